The first-order valence-corrected chi connectivity index (χ1v) is 12.5. The maximum atomic E-state index is 13.4. The Labute approximate surface area is 195 Å². The van der Waals surface area contributed by atoms with E-state index in [-0.39, 0.29) is 18.4 Å². The lowest BCUT2D eigenvalue weighted by atomic mass is 10.0. The van der Waals surface area contributed by atoms with Gasteiger partial charge in [-0.2, -0.15) is 0 Å². The normalized spacial score (nSPS) is 12.3. The number of anilines is 1. The minimum absolute atomic E-state index is 0.0560. The Bertz CT molecular complexity index is 1060. The zero-order valence-electron chi connectivity index (χ0n) is 19.0. The van der Waals surface area contributed by atoms with Crippen LogP contribution in [-0.2, 0) is 26.2 Å². The van der Waals surface area contributed by atoms with Crippen LogP contribution in [0.2, 0.25) is 5.02 Å². The molecule has 2 rings (SSSR count). The highest BCUT2D eigenvalue weighted by Gasteiger charge is 2.30. The Morgan fingerprint density at radius 1 is 1.03 bits per heavy atom. The summed E-state index contributed by atoms with van der Waals surface area (Å²) in [6.07, 6.45) is 1.07. The van der Waals surface area contributed by atoms with Gasteiger partial charge in [-0.3, -0.25) is 13.9 Å². The highest BCUT2D eigenvalue weighted by molar-refractivity contribution is 7.92. The SMILES string of the molecule is CNC(=O)[C@H](C)N(Cc1ccc(Cl)cc1)C(=O)CN(c1ccccc1C(C)C)S(C)(=O)=O. The molecule has 1 atom stereocenters. The van der Waals surface area contributed by atoms with E-state index >= 15 is 0 Å². The number of benzene rings is 2. The summed E-state index contributed by atoms with van der Waals surface area (Å²) in [7, 11) is -2.27. The van der Waals surface area contributed by atoms with E-state index in [0.717, 1.165) is 21.7 Å². The Hall–Kier alpha value is -2.58. The fourth-order valence-electron chi connectivity index (χ4n) is 3.38. The third-order valence-electron chi connectivity index (χ3n) is 5.19. The second kappa shape index (κ2) is 10.8. The predicted molar refractivity (Wildman–Crippen MR) is 128 cm³/mol. The van der Waals surface area contributed by atoms with E-state index in [1.165, 1.54) is 11.9 Å². The number of amides is 2. The number of carbonyl (C=O) groups is 2. The Kier molecular flexibility index (Phi) is 8.69. The van der Waals surface area contributed by atoms with Crippen molar-refractivity contribution in [3.63, 3.8) is 0 Å². The van der Waals surface area contributed by atoms with Gasteiger partial charge in [0.05, 0.1) is 11.9 Å². The summed E-state index contributed by atoms with van der Waals surface area (Å²) < 4.78 is 26.5. The molecule has 7 nitrogen and oxygen atoms in total. The molecular formula is C23H30ClN3O4S. The van der Waals surface area contributed by atoms with E-state index in [1.807, 2.05) is 26.0 Å². The molecule has 9 heteroatoms. The van der Waals surface area contributed by atoms with Crippen molar-refractivity contribution in [1.82, 2.24) is 10.2 Å². The number of sulfonamides is 1. The molecule has 0 spiro atoms. The summed E-state index contributed by atoms with van der Waals surface area (Å²) in [6, 6.07) is 13.2. The van der Waals surface area contributed by atoms with Gasteiger partial charge in [-0.1, -0.05) is 55.8 Å². The summed E-state index contributed by atoms with van der Waals surface area (Å²) in [5.74, 6) is -0.777. The van der Waals surface area contributed by atoms with Gasteiger partial charge in [0.1, 0.15) is 12.6 Å². The van der Waals surface area contributed by atoms with E-state index < -0.39 is 28.5 Å². The number of nitrogens with zero attached hydrogens (tertiary/aromatic N) is 2. The Balaban J connectivity index is 2.44. The monoisotopic (exact) mass is 479 g/mol. The number of carbonyl (C=O) groups excluding carboxylic acids is 2. The summed E-state index contributed by atoms with van der Waals surface area (Å²) in [5, 5.41) is 3.10. The van der Waals surface area contributed by atoms with Crippen molar-refractivity contribution in [3.05, 3.63) is 64.7 Å². The van der Waals surface area contributed by atoms with Crippen molar-refractivity contribution in [2.75, 3.05) is 24.2 Å². The largest absolute Gasteiger partial charge is 0.357 e. The Morgan fingerprint density at radius 3 is 2.16 bits per heavy atom. The third kappa shape index (κ3) is 6.46. The van der Waals surface area contributed by atoms with Crippen molar-refractivity contribution in [3.8, 4) is 0 Å². The van der Waals surface area contributed by atoms with Crippen molar-refractivity contribution < 1.29 is 18.0 Å². The van der Waals surface area contributed by atoms with Crippen LogP contribution >= 0.6 is 11.6 Å². The van der Waals surface area contributed by atoms with Crippen LogP contribution in [0, 0.1) is 0 Å². The number of rotatable bonds is 9. The molecule has 0 heterocycles. The molecule has 174 valence electrons. The van der Waals surface area contributed by atoms with E-state index in [0.29, 0.717) is 10.7 Å². The molecule has 0 aromatic heterocycles. The molecule has 0 aliphatic rings. The second-order valence-corrected chi connectivity index (χ2v) is 10.3. The summed E-state index contributed by atoms with van der Waals surface area (Å²) >= 11 is 5.96. The molecule has 2 aromatic carbocycles. The summed E-state index contributed by atoms with van der Waals surface area (Å²) in [4.78, 5) is 27.1. The smallest absolute Gasteiger partial charge is 0.244 e. The average molecular weight is 480 g/mol. The zero-order valence-corrected chi connectivity index (χ0v) is 20.6. The van der Waals surface area contributed by atoms with Gasteiger partial charge in [0.25, 0.3) is 0 Å². The van der Waals surface area contributed by atoms with Crippen molar-refractivity contribution in [2.24, 2.45) is 0 Å². The van der Waals surface area contributed by atoms with Crippen LogP contribution in [0.25, 0.3) is 0 Å². The van der Waals surface area contributed by atoms with Crippen molar-refractivity contribution in [2.45, 2.75) is 39.3 Å². The highest BCUT2D eigenvalue weighted by Crippen LogP contribution is 2.29. The summed E-state index contributed by atoms with van der Waals surface area (Å²) in [5.41, 5.74) is 2.04. The van der Waals surface area contributed by atoms with Gasteiger partial charge in [-0.05, 0) is 42.2 Å². The molecule has 1 N–H and O–H groups in total. The molecule has 0 saturated carbocycles. The minimum Gasteiger partial charge on any atom is -0.357 e. The molecule has 0 bridgehead atoms. The lowest BCUT2D eigenvalue weighted by Crippen LogP contribution is -2.50. The maximum Gasteiger partial charge on any atom is 0.244 e. The number of nitrogens with one attached hydrogen (secondary N) is 1. The Morgan fingerprint density at radius 2 is 1.62 bits per heavy atom. The highest BCUT2D eigenvalue weighted by atomic mass is 35.5. The molecule has 0 saturated heterocycles. The first-order chi connectivity index (χ1) is 15.0. The number of halogens is 1. The van der Waals surface area contributed by atoms with Crippen LogP contribution in [-0.4, -0.2) is 51.0 Å². The number of hydrogen-bond acceptors (Lipinski definition) is 4. The molecule has 0 fully saturated rings. The van der Waals surface area contributed by atoms with E-state index in [1.54, 1.807) is 43.3 Å². The van der Waals surface area contributed by atoms with E-state index in [2.05, 4.69) is 5.32 Å². The number of para-hydroxylation sites is 1. The number of likely N-dealkylation sites (N-methyl/N-ethyl adjacent to an activating group) is 1. The molecule has 2 aromatic rings. The van der Waals surface area contributed by atoms with E-state index in [4.69, 9.17) is 11.6 Å². The van der Waals surface area contributed by atoms with E-state index in [9.17, 15) is 18.0 Å². The third-order valence-corrected chi connectivity index (χ3v) is 6.56. The topological polar surface area (TPSA) is 86.8 Å². The fourth-order valence-corrected chi connectivity index (χ4v) is 4.37. The maximum absolute atomic E-state index is 13.4. The van der Waals surface area contributed by atoms with Crippen LogP contribution in [0.3, 0.4) is 0 Å². The standard InChI is InChI=1S/C23H30ClN3O4S/c1-16(2)20-8-6-7-9-21(20)27(32(5,30)31)15-22(28)26(17(3)23(29)25-4)14-18-10-12-19(24)13-11-18/h6-13,16-17H,14-15H2,1-5H3,(H,25,29)/t17-/m0/s1. The zero-order chi connectivity index (χ0) is 24.1. The molecule has 0 aliphatic heterocycles. The first kappa shape index (κ1) is 25.7. The van der Waals surface area contributed by atoms with Crippen LogP contribution in [0.5, 0.6) is 0 Å². The lowest BCUT2D eigenvalue weighted by molar-refractivity contribution is -0.139. The first-order valence-electron chi connectivity index (χ1n) is 10.3. The molecule has 0 unspecified atom stereocenters. The molecule has 32 heavy (non-hydrogen) atoms. The van der Waals surface area contributed by atoms with Crippen LogP contribution < -0.4 is 9.62 Å². The van der Waals surface area contributed by atoms with Crippen molar-refractivity contribution >= 4 is 39.1 Å². The molecule has 0 aliphatic carbocycles. The second-order valence-electron chi connectivity index (χ2n) is 7.92. The quantitative estimate of drug-likeness (QED) is 0.597. The average Bonchev–Trinajstić information content (AvgIpc) is 2.75. The summed E-state index contributed by atoms with van der Waals surface area (Å²) in [6.45, 7) is 5.24. The van der Waals surface area contributed by atoms with Gasteiger partial charge in [-0.15, -0.1) is 0 Å². The van der Waals surface area contributed by atoms with Gasteiger partial charge in [0, 0.05) is 18.6 Å². The van der Waals surface area contributed by atoms with Crippen molar-refractivity contribution in [1.29, 1.82) is 0 Å². The van der Waals surface area contributed by atoms with Crippen LogP contribution in [0.1, 0.15) is 37.8 Å². The molecular weight excluding hydrogens is 450 g/mol. The van der Waals surface area contributed by atoms with Crippen LogP contribution in [0.4, 0.5) is 5.69 Å². The fraction of sp³-hybridized carbons (Fsp3) is 0.391. The van der Waals surface area contributed by atoms with Gasteiger partial charge < -0.3 is 10.2 Å². The molecule has 2 amide bonds. The van der Waals surface area contributed by atoms with Crippen LogP contribution in [0.15, 0.2) is 48.5 Å². The molecule has 0 radical (unpaired) electrons. The predicted octanol–water partition coefficient (Wildman–Crippen LogP) is 3.39. The minimum atomic E-state index is -3.76. The lowest BCUT2D eigenvalue weighted by Gasteiger charge is -2.32. The van der Waals surface area contributed by atoms with Gasteiger partial charge in [0.2, 0.25) is 21.8 Å². The van der Waals surface area contributed by atoms with Gasteiger partial charge >= 0.3 is 0 Å². The number of hydrogen-bond donors (Lipinski definition) is 1. The van der Waals surface area contributed by atoms with Gasteiger partial charge in [-0.25, -0.2) is 8.42 Å². The van der Waals surface area contributed by atoms with Gasteiger partial charge in [0.15, 0.2) is 0 Å².